The second kappa shape index (κ2) is 6.01. The fraction of sp³-hybridized carbons (Fsp3) is 0.333. The Morgan fingerprint density at radius 2 is 2.25 bits per heavy atom. The first-order valence-electron chi connectivity index (χ1n) is 8.05. The molecule has 0 atom stereocenters. The lowest BCUT2D eigenvalue weighted by molar-refractivity contribution is 0.0531. The first-order chi connectivity index (χ1) is 11.6. The molecule has 0 fully saturated rings. The molecule has 0 amide bonds. The molecule has 0 saturated heterocycles. The van der Waals surface area contributed by atoms with Crippen LogP contribution in [0.5, 0.6) is 0 Å². The van der Waals surface area contributed by atoms with Gasteiger partial charge in [0.25, 0.3) is 0 Å². The molecular formula is C18H17BrN2O2S. The first kappa shape index (κ1) is 15.8. The highest BCUT2D eigenvalue weighted by atomic mass is 79.9. The molecule has 0 saturated carbocycles. The average molecular weight is 405 g/mol. The van der Waals surface area contributed by atoms with Crippen molar-refractivity contribution in [3.8, 4) is 10.6 Å². The molecule has 3 aromatic rings. The summed E-state index contributed by atoms with van der Waals surface area (Å²) in [6.45, 7) is 5.11. The van der Waals surface area contributed by atoms with Gasteiger partial charge in [-0.25, -0.2) is 9.78 Å². The third-order valence-electron chi connectivity index (χ3n) is 4.38. The van der Waals surface area contributed by atoms with Gasteiger partial charge in [-0.05, 0) is 44.9 Å². The molecule has 0 radical (unpaired) electrons. The predicted molar refractivity (Wildman–Crippen MR) is 99.8 cm³/mol. The van der Waals surface area contributed by atoms with Crippen LogP contribution in [0.25, 0.3) is 21.5 Å². The summed E-state index contributed by atoms with van der Waals surface area (Å²) in [5, 5.41) is 2.10. The third kappa shape index (κ3) is 2.48. The zero-order chi connectivity index (χ0) is 16.8. The van der Waals surface area contributed by atoms with Crippen LogP contribution in [0.2, 0.25) is 0 Å². The number of nitrogens with zero attached hydrogens (tertiary/aromatic N) is 2. The number of esters is 1. The Morgan fingerprint density at radius 1 is 1.42 bits per heavy atom. The summed E-state index contributed by atoms with van der Waals surface area (Å²) in [5.41, 5.74) is 4.39. The van der Waals surface area contributed by atoms with E-state index >= 15 is 0 Å². The second-order valence-electron chi connectivity index (χ2n) is 5.94. The van der Waals surface area contributed by atoms with E-state index in [0.717, 1.165) is 33.7 Å². The van der Waals surface area contributed by atoms with Gasteiger partial charge in [0.15, 0.2) is 0 Å². The van der Waals surface area contributed by atoms with Crippen molar-refractivity contribution in [3.63, 3.8) is 0 Å². The summed E-state index contributed by atoms with van der Waals surface area (Å²) in [6.07, 6.45) is 2.34. The summed E-state index contributed by atoms with van der Waals surface area (Å²) < 4.78 is 8.58. The molecule has 6 heteroatoms. The van der Waals surface area contributed by atoms with E-state index in [-0.39, 0.29) is 5.97 Å². The summed E-state index contributed by atoms with van der Waals surface area (Å²) >= 11 is 5.09. The highest BCUT2D eigenvalue weighted by molar-refractivity contribution is 9.10. The lowest BCUT2D eigenvalue weighted by atomic mass is 10.1. The van der Waals surface area contributed by atoms with Crippen molar-refractivity contribution in [3.05, 3.63) is 38.9 Å². The molecule has 4 nitrogen and oxygen atoms in total. The van der Waals surface area contributed by atoms with Gasteiger partial charge in [-0.3, -0.25) is 0 Å². The fourth-order valence-electron chi connectivity index (χ4n) is 3.29. The van der Waals surface area contributed by atoms with Crippen molar-refractivity contribution in [1.29, 1.82) is 0 Å². The standard InChI is InChI=1S/C18H17BrN2O2S/c1-3-23-18(22)16-10(2)20-17(24-16)11-7-14(19)13-9-12-5-4-6-21(12)15(13)8-11/h7-9H,3-6H2,1-2H3. The number of hydrogen-bond donors (Lipinski definition) is 0. The van der Waals surface area contributed by atoms with Crippen LogP contribution in [-0.4, -0.2) is 22.1 Å². The van der Waals surface area contributed by atoms with Gasteiger partial charge in [0.05, 0.1) is 17.8 Å². The zero-order valence-corrected chi connectivity index (χ0v) is 16.0. The lowest BCUT2D eigenvalue weighted by Gasteiger charge is -2.04. The summed E-state index contributed by atoms with van der Waals surface area (Å²) in [4.78, 5) is 17.2. The molecule has 2 aromatic heterocycles. The lowest BCUT2D eigenvalue weighted by Crippen LogP contribution is -2.03. The maximum Gasteiger partial charge on any atom is 0.350 e. The number of aryl methyl sites for hydroxylation is 3. The van der Waals surface area contributed by atoms with E-state index in [0.29, 0.717) is 11.5 Å². The Bertz CT molecular complexity index is 958. The summed E-state index contributed by atoms with van der Waals surface area (Å²) in [6, 6.07) is 6.54. The number of halogens is 1. The summed E-state index contributed by atoms with van der Waals surface area (Å²) in [5.74, 6) is -0.289. The van der Waals surface area contributed by atoms with Gasteiger partial charge < -0.3 is 9.30 Å². The first-order valence-corrected chi connectivity index (χ1v) is 9.66. The molecule has 24 heavy (non-hydrogen) atoms. The summed E-state index contributed by atoms with van der Waals surface area (Å²) in [7, 11) is 0. The Kier molecular flexibility index (Phi) is 3.96. The SMILES string of the molecule is CCOC(=O)c1sc(-c2cc(Br)c3cc4n(c3c2)CCC4)nc1C. The van der Waals surface area contributed by atoms with E-state index in [1.165, 1.54) is 34.4 Å². The van der Waals surface area contributed by atoms with Crippen molar-refractivity contribution in [2.24, 2.45) is 0 Å². The van der Waals surface area contributed by atoms with E-state index in [4.69, 9.17) is 4.74 Å². The van der Waals surface area contributed by atoms with E-state index < -0.39 is 0 Å². The fourth-order valence-corrected chi connectivity index (χ4v) is 4.80. The van der Waals surface area contributed by atoms with Crippen LogP contribution in [0.1, 0.15) is 34.4 Å². The van der Waals surface area contributed by atoms with Crippen LogP contribution in [0.4, 0.5) is 0 Å². The molecule has 0 unspecified atom stereocenters. The normalized spacial score (nSPS) is 13.5. The molecule has 124 valence electrons. The molecule has 1 aliphatic heterocycles. The molecule has 0 bridgehead atoms. The largest absolute Gasteiger partial charge is 0.462 e. The Hall–Kier alpha value is -1.66. The maximum atomic E-state index is 12.0. The number of hydrogen-bond acceptors (Lipinski definition) is 4. The van der Waals surface area contributed by atoms with Crippen molar-refractivity contribution in [2.75, 3.05) is 6.61 Å². The van der Waals surface area contributed by atoms with Crippen molar-refractivity contribution < 1.29 is 9.53 Å². The number of ether oxygens (including phenoxy) is 1. The topological polar surface area (TPSA) is 44.1 Å². The smallest absolute Gasteiger partial charge is 0.350 e. The molecule has 0 spiro atoms. The highest BCUT2D eigenvalue weighted by Gasteiger charge is 2.20. The Morgan fingerprint density at radius 3 is 3.04 bits per heavy atom. The van der Waals surface area contributed by atoms with E-state index in [1.54, 1.807) is 0 Å². The number of benzene rings is 1. The molecule has 4 rings (SSSR count). The van der Waals surface area contributed by atoms with Crippen LogP contribution < -0.4 is 0 Å². The molecule has 1 aromatic carbocycles. The molecule has 0 aliphatic carbocycles. The molecule has 0 N–H and O–H groups in total. The minimum absolute atomic E-state index is 0.289. The average Bonchev–Trinajstić information content (AvgIpc) is 3.22. The van der Waals surface area contributed by atoms with Gasteiger partial charge >= 0.3 is 5.97 Å². The van der Waals surface area contributed by atoms with Crippen molar-refractivity contribution in [1.82, 2.24) is 9.55 Å². The van der Waals surface area contributed by atoms with Gasteiger partial charge in [-0.15, -0.1) is 11.3 Å². The minimum Gasteiger partial charge on any atom is -0.462 e. The van der Waals surface area contributed by atoms with Gasteiger partial charge in [-0.1, -0.05) is 15.9 Å². The van der Waals surface area contributed by atoms with E-state index in [2.05, 4.69) is 43.7 Å². The van der Waals surface area contributed by atoms with Crippen molar-refractivity contribution >= 4 is 44.1 Å². The monoisotopic (exact) mass is 404 g/mol. The molecule has 1 aliphatic rings. The van der Waals surface area contributed by atoms with Crippen LogP contribution in [0, 0.1) is 6.92 Å². The number of rotatable bonds is 3. The van der Waals surface area contributed by atoms with Crippen LogP contribution in [0.3, 0.4) is 0 Å². The maximum absolute atomic E-state index is 12.0. The van der Waals surface area contributed by atoms with Crippen LogP contribution in [-0.2, 0) is 17.7 Å². The van der Waals surface area contributed by atoms with Gasteiger partial charge in [0, 0.05) is 27.7 Å². The van der Waals surface area contributed by atoms with Crippen LogP contribution >= 0.6 is 27.3 Å². The van der Waals surface area contributed by atoms with Gasteiger partial charge in [0.1, 0.15) is 9.88 Å². The van der Waals surface area contributed by atoms with E-state index in [9.17, 15) is 4.79 Å². The van der Waals surface area contributed by atoms with Crippen molar-refractivity contribution in [2.45, 2.75) is 33.2 Å². The zero-order valence-electron chi connectivity index (χ0n) is 13.6. The predicted octanol–water partition coefficient (Wildman–Crippen LogP) is 4.96. The second-order valence-corrected chi connectivity index (χ2v) is 7.79. The minimum atomic E-state index is -0.289. The van der Waals surface area contributed by atoms with Gasteiger partial charge in [-0.2, -0.15) is 0 Å². The van der Waals surface area contributed by atoms with Gasteiger partial charge in [0.2, 0.25) is 0 Å². The number of fused-ring (bicyclic) bond motifs is 3. The highest BCUT2D eigenvalue weighted by Crippen LogP contribution is 2.37. The Labute approximate surface area is 152 Å². The Balaban J connectivity index is 1.82. The number of aromatic nitrogens is 2. The quantitative estimate of drug-likeness (QED) is 0.579. The number of carbonyl (C=O) groups excluding carboxylic acids is 1. The third-order valence-corrected chi connectivity index (χ3v) is 6.22. The molecular weight excluding hydrogens is 388 g/mol. The molecule has 3 heterocycles. The number of carbonyl (C=O) groups is 1. The van der Waals surface area contributed by atoms with Crippen LogP contribution in [0.15, 0.2) is 22.7 Å². The van der Waals surface area contributed by atoms with E-state index in [1.807, 2.05) is 13.8 Å². The number of thiazole rings is 1.